The molecular weight excluding hydrogens is 224 g/mol. The molecule has 0 bridgehead atoms. The maximum Gasteiger partial charge on any atom is 0.0583 e. The zero-order chi connectivity index (χ0) is 13.0. The molecule has 0 amide bonds. The van der Waals surface area contributed by atoms with E-state index < -0.39 is 0 Å². The topological polar surface area (TPSA) is 29.5 Å². The highest BCUT2D eigenvalue weighted by atomic mass is 16.5. The van der Waals surface area contributed by atoms with Crippen molar-refractivity contribution in [2.45, 2.75) is 45.6 Å². The second-order valence-corrected chi connectivity index (χ2v) is 5.58. The van der Waals surface area contributed by atoms with Crippen molar-refractivity contribution >= 4 is 0 Å². The molecule has 1 aliphatic heterocycles. The molecule has 1 saturated heterocycles. The highest BCUT2D eigenvalue weighted by molar-refractivity contribution is 5.30. The van der Waals surface area contributed by atoms with Crippen LogP contribution in [0.4, 0.5) is 0 Å². The van der Waals surface area contributed by atoms with Crippen molar-refractivity contribution in [2.24, 2.45) is 5.92 Å². The lowest BCUT2D eigenvalue weighted by molar-refractivity contribution is 0.0438. The fourth-order valence-corrected chi connectivity index (χ4v) is 2.72. The number of aliphatic hydroxyl groups is 1. The standard InChI is InChI=1S/C16H24O2/c1-12-3-4-13(2)15(9-12)11-16(17)10-14-5-7-18-8-6-14/h3-4,9,14,16-17H,5-8,10-11H2,1-2H3. The van der Waals surface area contributed by atoms with Crippen molar-refractivity contribution < 1.29 is 9.84 Å². The molecule has 1 aromatic rings. The number of benzene rings is 1. The van der Waals surface area contributed by atoms with Gasteiger partial charge in [-0.1, -0.05) is 23.8 Å². The molecule has 0 saturated carbocycles. The highest BCUT2D eigenvalue weighted by Crippen LogP contribution is 2.22. The van der Waals surface area contributed by atoms with E-state index in [1.807, 2.05) is 0 Å². The fourth-order valence-electron chi connectivity index (χ4n) is 2.72. The minimum absolute atomic E-state index is 0.214. The summed E-state index contributed by atoms with van der Waals surface area (Å²) in [6.45, 7) is 5.95. The van der Waals surface area contributed by atoms with Crippen LogP contribution in [0.2, 0.25) is 0 Å². The molecule has 1 unspecified atom stereocenters. The van der Waals surface area contributed by atoms with Gasteiger partial charge in [-0.15, -0.1) is 0 Å². The summed E-state index contributed by atoms with van der Waals surface area (Å²) in [4.78, 5) is 0. The van der Waals surface area contributed by atoms with Gasteiger partial charge in [0.15, 0.2) is 0 Å². The molecule has 2 nitrogen and oxygen atoms in total. The number of ether oxygens (including phenoxy) is 1. The Morgan fingerprint density at radius 1 is 1.28 bits per heavy atom. The molecule has 1 aromatic carbocycles. The summed E-state index contributed by atoms with van der Waals surface area (Å²) in [6, 6.07) is 6.47. The maximum absolute atomic E-state index is 10.2. The Kier molecular flexibility index (Phi) is 4.79. The molecule has 0 aliphatic carbocycles. The summed E-state index contributed by atoms with van der Waals surface area (Å²) >= 11 is 0. The smallest absolute Gasteiger partial charge is 0.0583 e. The van der Waals surface area contributed by atoms with Crippen LogP contribution < -0.4 is 0 Å². The predicted octanol–water partition coefficient (Wildman–Crippen LogP) is 3.02. The Labute approximate surface area is 110 Å². The second-order valence-electron chi connectivity index (χ2n) is 5.58. The number of hydrogen-bond acceptors (Lipinski definition) is 2. The zero-order valence-corrected chi connectivity index (χ0v) is 11.5. The average molecular weight is 248 g/mol. The van der Waals surface area contributed by atoms with E-state index in [4.69, 9.17) is 4.74 Å². The molecule has 1 N–H and O–H groups in total. The molecule has 2 rings (SSSR count). The summed E-state index contributed by atoms with van der Waals surface area (Å²) in [5.41, 5.74) is 3.84. The van der Waals surface area contributed by atoms with Crippen molar-refractivity contribution in [2.75, 3.05) is 13.2 Å². The zero-order valence-electron chi connectivity index (χ0n) is 11.5. The van der Waals surface area contributed by atoms with Crippen LogP contribution in [-0.2, 0) is 11.2 Å². The van der Waals surface area contributed by atoms with Crippen LogP contribution in [0, 0.1) is 19.8 Å². The first-order chi connectivity index (χ1) is 8.65. The van der Waals surface area contributed by atoms with Crippen molar-refractivity contribution in [1.82, 2.24) is 0 Å². The van der Waals surface area contributed by atoms with Crippen LogP contribution in [0.15, 0.2) is 18.2 Å². The van der Waals surface area contributed by atoms with Crippen molar-refractivity contribution in [3.63, 3.8) is 0 Å². The van der Waals surface area contributed by atoms with E-state index in [1.54, 1.807) is 0 Å². The minimum atomic E-state index is -0.214. The molecule has 18 heavy (non-hydrogen) atoms. The molecule has 1 aliphatic rings. The molecule has 0 radical (unpaired) electrons. The third kappa shape index (κ3) is 3.82. The Morgan fingerprint density at radius 3 is 2.72 bits per heavy atom. The predicted molar refractivity (Wildman–Crippen MR) is 73.8 cm³/mol. The lowest BCUT2D eigenvalue weighted by atomic mass is 9.90. The van der Waals surface area contributed by atoms with Gasteiger partial charge in [0, 0.05) is 13.2 Å². The van der Waals surface area contributed by atoms with E-state index in [-0.39, 0.29) is 6.10 Å². The van der Waals surface area contributed by atoms with Crippen molar-refractivity contribution in [3.8, 4) is 0 Å². The van der Waals surface area contributed by atoms with Gasteiger partial charge < -0.3 is 9.84 Å². The molecule has 100 valence electrons. The lowest BCUT2D eigenvalue weighted by Gasteiger charge is -2.24. The number of hydrogen-bond donors (Lipinski definition) is 1. The van der Waals surface area contributed by atoms with Crippen molar-refractivity contribution in [1.29, 1.82) is 0 Å². The first-order valence-electron chi connectivity index (χ1n) is 6.97. The van der Waals surface area contributed by atoms with Gasteiger partial charge in [-0.2, -0.15) is 0 Å². The normalized spacial score (nSPS) is 18.8. The Balaban J connectivity index is 1.89. The fraction of sp³-hybridized carbons (Fsp3) is 0.625. The molecular formula is C16H24O2. The molecule has 1 fully saturated rings. The van der Waals surface area contributed by atoms with Gasteiger partial charge in [0.25, 0.3) is 0 Å². The summed E-state index contributed by atoms with van der Waals surface area (Å²) in [7, 11) is 0. The van der Waals surface area contributed by atoms with Gasteiger partial charge in [0.2, 0.25) is 0 Å². The highest BCUT2D eigenvalue weighted by Gasteiger charge is 2.18. The van der Waals surface area contributed by atoms with E-state index in [1.165, 1.54) is 16.7 Å². The maximum atomic E-state index is 10.2. The summed E-state index contributed by atoms with van der Waals surface area (Å²) in [5.74, 6) is 0.638. The third-order valence-corrected chi connectivity index (χ3v) is 3.91. The number of rotatable bonds is 4. The van der Waals surface area contributed by atoms with Crippen LogP contribution in [-0.4, -0.2) is 24.4 Å². The van der Waals surface area contributed by atoms with Crippen LogP contribution in [0.5, 0.6) is 0 Å². The largest absolute Gasteiger partial charge is 0.393 e. The van der Waals surface area contributed by atoms with E-state index in [9.17, 15) is 5.11 Å². The summed E-state index contributed by atoms with van der Waals surface area (Å²) in [6.07, 6.45) is 3.68. The first kappa shape index (κ1) is 13.6. The molecule has 0 aromatic heterocycles. The van der Waals surface area contributed by atoms with Gasteiger partial charge in [0.05, 0.1) is 6.10 Å². The monoisotopic (exact) mass is 248 g/mol. The van der Waals surface area contributed by atoms with Crippen LogP contribution >= 0.6 is 0 Å². The van der Waals surface area contributed by atoms with Crippen molar-refractivity contribution in [3.05, 3.63) is 34.9 Å². The van der Waals surface area contributed by atoms with E-state index in [0.717, 1.165) is 38.9 Å². The number of aryl methyl sites for hydroxylation is 2. The summed E-state index contributed by atoms with van der Waals surface area (Å²) < 4.78 is 5.35. The van der Waals surface area contributed by atoms with E-state index >= 15 is 0 Å². The molecule has 2 heteroatoms. The average Bonchev–Trinajstić information content (AvgIpc) is 2.35. The van der Waals surface area contributed by atoms with Crippen LogP contribution in [0.3, 0.4) is 0 Å². The third-order valence-electron chi connectivity index (χ3n) is 3.91. The van der Waals surface area contributed by atoms with Gasteiger partial charge in [-0.05, 0) is 56.6 Å². The Hall–Kier alpha value is -0.860. The Bertz CT molecular complexity index is 381. The lowest BCUT2D eigenvalue weighted by Crippen LogP contribution is -2.22. The van der Waals surface area contributed by atoms with Gasteiger partial charge >= 0.3 is 0 Å². The first-order valence-corrected chi connectivity index (χ1v) is 6.97. The van der Waals surface area contributed by atoms with Gasteiger partial charge in [-0.25, -0.2) is 0 Å². The van der Waals surface area contributed by atoms with E-state index in [0.29, 0.717) is 5.92 Å². The van der Waals surface area contributed by atoms with Gasteiger partial charge in [-0.3, -0.25) is 0 Å². The van der Waals surface area contributed by atoms with Crippen LogP contribution in [0.1, 0.15) is 36.0 Å². The molecule has 0 spiro atoms. The molecule has 1 atom stereocenters. The number of aliphatic hydroxyl groups excluding tert-OH is 1. The summed E-state index contributed by atoms with van der Waals surface area (Å²) in [5, 5.41) is 10.2. The second kappa shape index (κ2) is 6.35. The SMILES string of the molecule is Cc1ccc(C)c(CC(O)CC2CCOCC2)c1. The minimum Gasteiger partial charge on any atom is -0.393 e. The Morgan fingerprint density at radius 2 is 2.00 bits per heavy atom. The van der Waals surface area contributed by atoms with E-state index in [2.05, 4.69) is 32.0 Å². The van der Waals surface area contributed by atoms with Crippen LogP contribution in [0.25, 0.3) is 0 Å². The van der Waals surface area contributed by atoms with Gasteiger partial charge in [0.1, 0.15) is 0 Å². The quantitative estimate of drug-likeness (QED) is 0.887. The molecule has 1 heterocycles.